The Balaban J connectivity index is 2.57. The number of benzene rings is 1. The average Bonchev–Trinajstić information content (AvgIpc) is 2.63. The first-order chi connectivity index (χ1) is 7.88. The topological polar surface area (TPSA) is 43.8 Å². The van der Waals surface area contributed by atoms with Crippen LogP contribution in [0.1, 0.15) is 19.5 Å². The Hall–Kier alpha value is -1.39. The fourth-order valence-electron chi connectivity index (χ4n) is 1.66. The molecule has 0 aliphatic rings. The van der Waals surface area contributed by atoms with Crippen LogP contribution in [0.5, 0.6) is 0 Å². The Morgan fingerprint density at radius 1 is 1.35 bits per heavy atom. The molecule has 0 unspecified atom stereocenters. The van der Waals surface area contributed by atoms with Gasteiger partial charge in [-0.2, -0.15) is 0 Å². The molecule has 0 amide bonds. The zero-order chi connectivity index (χ0) is 12.6. The maximum absolute atomic E-state index is 13.3. The number of nitrogens with zero attached hydrogens (tertiary/aromatic N) is 2. The standard InChI is InChI=1S/C12H13ClFN3/c1-12(2,15)11-6-16-7-17(11)10-4-8(13)3-9(14)5-10/h3-7H,15H2,1-2H3. The first-order valence-corrected chi connectivity index (χ1v) is 5.54. The fourth-order valence-corrected chi connectivity index (χ4v) is 1.87. The molecule has 1 heterocycles. The lowest BCUT2D eigenvalue weighted by Crippen LogP contribution is -2.31. The summed E-state index contributed by atoms with van der Waals surface area (Å²) in [6.07, 6.45) is 3.26. The molecule has 2 rings (SSSR count). The van der Waals surface area contributed by atoms with Crippen LogP contribution in [0.3, 0.4) is 0 Å². The van der Waals surface area contributed by atoms with Gasteiger partial charge in [-0.15, -0.1) is 0 Å². The van der Waals surface area contributed by atoms with Gasteiger partial charge in [0.15, 0.2) is 0 Å². The molecule has 0 saturated heterocycles. The normalized spacial score (nSPS) is 11.8. The maximum Gasteiger partial charge on any atom is 0.126 e. The van der Waals surface area contributed by atoms with Gasteiger partial charge in [0.25, 0.3) is 0 Å². The molecule has 0 aliphatic heterocycles. The smallest absolute Gasteiger partial charge is 0.126 e. The molecule has 1 aromatic carbocycles. The van der Waals surface area contributed by atoms with Crippen LogP contribution in [-0.4, -0.2) is 9.55 Å². The van der Waals surface area contributed by atoms with Gasteiger partial charge in [-0.05, 0) is 32.0 Å². The molecule has 17 heavy (non-hydrogen) atoms. The minimum atomic E-state index is -0.560. The van der Waals surface area contributed by atoms with Crippen molar-refractivity contribution in [3.05, 3.63) is 47.3 Å². The van der Waals surface area contributed by atoms with E-state index in [-0.39, 0.29) is 5.82 Å². The maximum atomic E-state index is 13.3. The fraction of sp³-hybridized carbons (Fsp3) is 0.250. The highest BCUT2D eigenvalue weighted by atomic mass is 35.5. The monoisotopic (exact) mass is 253 g/mol. The van der Waals surface area contributed by atoms with E-state index in [4.69, 9.17) is 17.3 Å². The highest BCUT2D eigenvalue weighted by Gasteiger charge is 2.20. The molecular formula is C12H13ClFN3. The minimum Gasteiger partial charge on any atom is -0.321 e. The summed E-state index contributed by atoms with van der Waals surface area (Å²) in [6.45, 7) is 3.73. The number of hydrogen-bond donors (Lipinski definition) is 1. The summed E-state index contributed by atoms with van der Waals surface area (Å²) in [4.78, 5) is 4.04. The molecule has 90 valence electrons. The van der Waals surface area contributed by atoms with E-state index in [1.807, 2.05) is 13.8 Å². The summed E-state index contributed by atoms with van der Waals surface area (Å²) < 4.78 is 15.0. The van der Waals surface area contributed by atoms with Crippen LogP contribution in [-0.2, 0) is 5.54 Å². The second-order valence-electron chi connectivity index (χ2n) is 4.50. The van der Waals surface area contributed by atoms with E-state index in [0.717, 1.165) is 5.69 Å². The zero-order valence-electron chi connectivity index (χ0n) is 9.61. The van der Waals surface area contributed by atoms with Gasteiger partial charge in [-0.3, -0.25) is 0 Å². The molecule has 3 nitrogen and oxygen atoms in total. The van der Waals surface area contributed by atoms with Crippen molar-refractivity contribution in [1.82, 2.24) is 9.55 Å². The van der Waals surface area contributed by atoms with E-state index in [2.05, 4.69) is 4.98 Å². The molecule has 0 atom stereocenters. The summed E-state index contributed by atoms with van der Waals surface area (Å²) in [5.41, 5.74) is 6.87. The quantitative estimate of drug-likeness (QED) is 0.894. The SMILES string of the molecule is CC(C)(N)c1cncn1-c1cc(F)cc(Cl)c1. The molecule has 0 aliphatic carbocycles. The molecule has 2 N–H and O–H groups in total. The summed E-state index contributed by atoms with van der Waals surface area (Å²) in [5.74, 6) is -0.387. The van der Waals surface area contributed by atoms with Gasteiger partial charge in [-0.25, -0.2) is 9.37 Å². The number of imidazole rings is 1. The van der Waals surface area contributed by atoms with Gasteiger partial charge in [0, 0.05) is 5.02 Å². The Bertz CT molecular complexity index is 523. The predicted octanol–water partition coefficient (Wildman–Crippen LogP) is 2.86. The summed E-state index contributed by atoms with van der Waals surface area (Å²) in [6, 6.07) is 4.32. The van der Waals surface area contributed by atoms with Crippen LogP contribution < -0.4 is 5.73 Å². The molecule has 0 spiro atoms. The second kappa shape index (κ2) is 4.13. The third kappa shape index (κ3) is 2.48. The lowest BCUT2D eigenvalue weighted by molar-refractivity contribution is 0.524. The van der Waals surface area contributed by atoms with Crippen molar-refractivity contribution in [3.8, 4) is 5.69 Å². The summed E-state index contributed by atoms with van der Waals surface area (Å²) >= 11 is 5.83. The number of hydrogen-bond acceptors (Lipinski definition) is 2. The lowest BCUT2D eigenvalue weighted by Gasteiger charge is -2.20. The van der Waals surface area contributed by atoms with E-state index in [0.29, 0.717) is 10.7 Å². The first kappa shape index (κ1) is 12.1. The molecular weight excluding hydrogens is 241 g/mol. The van der Waals surface area contributed by atoms with Crippen molar-refractivity contribution in [3.63, 3.8) is 0 Å². The van der Waals surface area contributed by atoms with Crippen LogP contribution >= 0.6 is 11.6 Å². The minimum absolute atomic E-state index is 0.342. The number of halogens is 2. The number of rotatable bonds is 2. The Labute approximate surface area is 104 Å². The Kier molecular flexibility index (Phi) is 2.93. The van der Waals surface area contributed by atoms with E-state index in [1.54, 1.807) is 23.2 Å². The highest BCUT2D eigenvalue weighted by molar-refractivity contribution is 6.30. The van der Waals surface area contributed by atoms with Gasteiger partial charge >= 0.3 is 0 Å². The average molecular weight is 254 g/mol. The van der Waals surface area contributed by atoms with Gasteiger partial charge < -0.3 is 10.3 Å². The zero-order valence-corrected chi connectivity index (χ0v) is 10.4. The van der Waals surface area contributed by atoms with Crippen molar-refractivity contribution in [2.24, 2.45) is 5.73 Å². The Morgan fingerprint density at radius 2 is 2.06 bits per heavy atom. The molecule has 1 aromatic heterocycles. The van der Waals surface area contributed by atoms with Crippen molar-refractivity contribution < 1.29 is 4.39 Å². The van der Waals surface area contributed by atoms with Crippen LogP contribution in [0.25, 0.3) is 5.69 Å². The van der Waals surface area contributed by atoms with Crippen molar-refractivity contribution >= 4 is 11.6 Å². The van der Waals surface area contributed by atoms with Gasteiger partial charge in [0.1, 0.15) is 5.82 Å². The third-order valence-electron chi connectivity index (χ3n) is 2.42. The van der Waals surface area contributed by atoms with Crippen LogP contribution in [0, 0.1) is 5.82 Å². The molecule has 0 bridgehead atoms. The molecule has 5 heteroatoms. The largest absolute Gasteiger partial charge is 0.321 e. The van der Waals surface area contributed by atoms with Crippen molar-refractivity contribution in [2.75, 3.05) is 0 Å². The van der Waals surface area contributed by atoms with Crippen molar-refractivity contribution in [2.45, 2.75) is 19.4 Å². The number of nitrogens with two attached hydrogens (primary N) is 1. The van der Waals surface area contributed by atoms with E-state index in [9.17, 15) is 4.39 Å². The molecule has 2 aromatic rings. The third-order valence-corrected chi connectivity index (χ3v) is 2.64. The lowest BCUT2D eigenvalue weighted by atomic mass is 10.0. The molecule has 0 saturated carbocycles. The van der Waals surface area contributed by atoms with E-state index < -0.39 is 5.54 Å². The summed E-state index contributed by atoms with van der Waals surface area (Å²) in [7, 11) is 0. The van der Waals surface area contributed by atoms with Gasteiger partial charge in [0.05, 0.1) is 29.4 Å². The van der Waals surface area contributed by atoms with Crippen LogP contribution in [0.4, 0.5) is 4.39 Å². The Morgan fingerprint density at radius 3 is 2.65 bits per heavy atom. The second-order valence-corrected chi connectivity index (χ2v) is 4.93. The number of aromatic nitrogens is 2. The molecule has 0 fully saturated rings. The molecule has 0 radical (unpaired) electrons. The van der Waals surface area contributed by atoms with Crippen LogP contribution in [0.2, 0.25) is 5.02 Å². The van der Waals surface area contributed by atoms with Crippen LogP contribution in [0.15, 0.2) is 30.7 Å². The predicted molar refractivity (Wildman–Crippen MR) is 65.7 cm³/mol. The van der Waals surface area contributed by atoms with Gasteiger partial charge in [0.2, 0.25) is 0 Å². The highest BCUT2D eigenvalue weighted by Crippen LogP contribution is 2.23. The van der Waals surface area contributed by atoms with Gasteiger partial charge in [-0.1, -0.05) is 11.6 Å². The van der Waals surface area contributed by atoms with E-state index in [1.165, 1.54) is 12.1 Å². The summed E-state index contributed by atoms with van der Waals surface area (Å²) in [5, 5.41) is 0.342. The van der Waals surface area contributed by atoms with Crippen molar-refractivity contribution in [1.29, 1.82) is 0 Å². The first-order valence-electron chi connectivity index (χ1n) is 5.16. The van der Waals surface area contributed by atoms with E-state index >= 15 is 0 Å².